The largest absolute Gasteiger partial charge is 0.437 e. The van der Waals surface area contributed by atoms with Crippen LogP contribution >= 0.6 is 0 Å². The predicted molar refractivity (Wildman–Crippen MR) is 97.6 cm³/mol. The summed E-state index contributed by atoms with van der Waals surface area (Å²) < 4.78 is 5.80. The summed E-state index contributed by atoms with van der Waals surface area (Å²) in [5.74, 6) is 2.05. The molecular formula is C19H22N4O. The van der Waals surface area contributed by atoms with Crippen molar-refractivity contribution < 1.29 is 4.74 Å². The average molecular weight is 322 g/mol. The normalized spacial score (nSPS) is 11.0. The van der Waals surface area contributed by atoms with Crippen molar-refractivity contribution in [1.29, 1.82) is 0 Å². The fourth-order valence-corrected chi connectivity index (χ4v) is 2.48. The molecule has 3 rings (SSSR count). The fraction of sp³-hybridized carbons (Fsp3) is 0.263. The number of fused-ring (bicyclic) bond motifs is 1. The molecule has 2 aromatic heterocycles. The number of anilines is 1. The van der Waals surface area contributed by atoms with Gasteiger partial charge >= 0.3 is 0 Å². The van der Waals surface area contributed by atoms with Crippen molar-refractivity contribution in [3.8, 4) is 11.6 Å². The molecule has 3 N–H and O–H groups in total. The Morgan fingerprint density at radius 1 is 1.12 bits per heavy atom. The first-order chi connectivity index (χ1) is 11.6. The smallest absolute Gasteiger partial charge is 0.219 e. The number of benzene rings is 1. The Balaban J connectivity index is 1.76. The molecule has 0 aliphatic rings. The molecule has 2 heterocycles. The van der Waals surface area contributed by atoms with Crippen LogP contribution in [0.5, 0.6) is 11.6 Å². The van der Waals surface area contributed by atoms with Gasteiger partial charge in [-0.1, -0.05) is 6.07 Å². The van der Waals surface area contributed by atoms with E-state index >= 15 is 0 Å². The van der Waals surface area contributed by atoms with Gasteiger partial charge in [-0.2, -0.15) is 0 Å². The highest BCUT2D eigenvalue weighted by Crippen LogP contribution is 2.23. The summed E-state index contributed by atoms with van der Waals surface area (Å²) >= 11 is 0. The zero-order valence-corrected chi connectivity index (χ0v) is 14.0. The Kier molecular flexibility index (Phi) is 4.91. The summed E-state index contributed by atoms with van der Waals surface area (Å²) in [5.41, 5.74) is 7.73. The van der Waals surface area contributed by atoms with Crippen LogP contribution in [-0.4, -0.2) is 22.6 Å². The number of nitrogens with zero attached hydrogens (tertiary/aromatic N) is 2. The SMILES string of the molecule is CC(C)Nc1ccc(Oc2ccc3cc(CCN)ccc3n2)cn1. The Hall–Kier alpha value is -2.66. The molecule has 3 aromatic rings. The lowest BCUT2D eigenvalue weighted by molar-refractivity contribution is 0.463. The summed E-state index contributed by atoms with van der Waals surface area (Å²) in [6.07, 6.45) is 2.57. The maximum absolute atomic E-state index is 5.80. The molecule has 124 valence electrons. The number of nitrogens with one attached hydrogen (secondary N) is 1. The molecule has 0 aliphatic carbocycles. The number of aromatic nitrogens is 2. The quantitative estimate of drug-likeness (QED) is 0.723. The summed E-state index contributed by atoms with van der Waals surface area (Å²) in [6, 6.07) is 14.2. The van der Waals surface area contributed by atoms with E-state index in [1.54, 1.807) is 6.20 Å². The molecule has 0 atom stereocenters. The third-order valence-electron chi connectivity index (χ3n) is 3.56. The van der Waals surface area contributed by atoms with Crippen LogP contribution in [0, 0.1) is 0 Å². The van der Waals surface area contributed by atoms with E-state index in [1.165, 1.54) is 5.56 Å². The molecule has 5 heteroatoms. The zero-order valence-electron chi connectivity index (χ0n) is 14.0. The van der Waals surface area contributed by atoms with E-state index < -0.39 is 0 Å². The van der Waals surface area contributed by atoms with Gasteiger partial charge in [-0.15, -0.1) is 0 Å². The molecule has 0 fully saturated rings. The molecule has 0 unspecified atom stereocenters. The van der Waals surface area contributed by atoms with Crippen LogP contribution in [0.1, 0.15) is 19.4 Å². The Labute approximate surface area is 141 Å². The Morgan fingerprint density at radius 2 is 2.00 bits per heavy atom. The lowest BCUT2D eigenvalue weighted by Gasteiger charge is -2.10. The van der Waals surface area contributed by atoms with Crippen LogP contribution in [-0.2, 0) is 6.42 Å². The minimum Gasteiger partial charge on any atom is -0.437 e. The number of hydrogen-bond donors (Lipinski definition) is 2. The van der Waals surface area contributed by atoms with Crippen molar-refractivity contribution in [3.05, 3.63) is 54.2 Å². The highest BCUT2D eigenvalue weighted by atomic mass is 16.5. The lowest BCUT2D eigenvalue weighted by Crippen LogP contribution is -2.10. The van der Waals surface area contributed by atoms with E-state index in [4.69, 9.17) is 10.5 Å². The molecule has 0 saturated heterocycles. The van der Waals surface area contributed by atoms with Gasteiger partial charge in [0.15, 0.2) is 0 Å². The van der Waals surface area contributed by atoms with Crippen LogP contribution in [0.4, 0.5) is 5.82 Å². The third-order valence-corrected chi connectivity index (χ3v) is 3.56. The number of pyridine rings is 2. The molecule has 0 radical (unpaired) electrons. The summed E-state index contributed by atoms with van der Waals surface area (Å²) in [6.45, 7) is 4.79. The molecular weight excluding hydrogens is 300 g/mol. The van der Waals surface area contributed by atoms with E-state index in [2.05, 4.69) is 41.3 Å². The van der Waals surface area contributed by atoms with Gasteiger partial charge in [-0.25, -0.2) is 9.97 Å². The van der Waals surface area contributed by atoms with Gasteiger partial charge in [0, 0.05) is 17.5 Å². The van der Waals surface area contributed by atoms with Gasteiger partial charge in [0.05, 0.1) is 11.7 Å². The Bertz CT molecular complexity index is 815. The monoisotopic (exact) mass is 322 g/mol. The van der Waals surface area contributed by atoms with Gasteiger partial charge in [-0.3, -0.25) is 0 Å². The van der Waals surface area contributed by atoms with E-state index in [-0.39, 0.29) is 0 Å². The molecule has 0 saturated carbocycles. The molecule has 1 aromatic carbocycles. The molecule has 0 amide bonds. The maximum atomic E-state index is 5.80. The maximum Gasteiger partial charge on any atom is 0.219 e. The first-order valence-corrected chi connectivity index (χ1v) is 8.14. The van der Waals surface area contributed by atoms with Crippen LogP contribution < -0.4 is 15.8 Å². The highest BCUT2D eigenvalue weighted by molar-refractivity contribution is 5.79. The van der Waals surface area contributed by atoms with Gasteiger partial charge in [0.1, 0.15) is 11.6 Å². The first kappa shape index (κ1) is 16.2. The fourth-order valence-electron chi connectivity index (χ4n) is 2.48. The number of nitrogens with two attached hydrogens (primary N) is 1. The number of rotatable bonds is 6. The van der Waals surface area contributed by atoms with E-state index in [0.29, 0.717) is 24.2 Å². The minimum atomic E-state index is 0.343. The third kappa shape index (κ3) is 4.00. The topological polar surface area (TPSA) is 73.1 Å². The predicted octanol–water partition coefficient (Wildman–Crippen LogP) is 3.74. The minimum absolute atomic E-state index is 0.343. The van der Waals surface area contributed by atoms with Crippen molar-refractivity contribution in [3.63, 3.8) is 0 Å². The van der Waals surface area contributed by atoms with Crippen LogP contribution in [0.25, 0.3) is 10.9 Å². The van der Waals surface area contributed by atoms with Gasteiger partial charge in [0.2, 0.25) is 5.88 Å². The van der Waals surface area contributed by atoms with E-state index in [0.717, 1.165) is 23.1 Å². The van der Waals surface area contributed by atoms with Gasteiger partial charge in [0.25, 0.3) is 0 Å². The van der Waals surface area contributed by atoms with E-state index in [9.17, 15) is 0 Å². The zero-order chi connectivity index (χ0) is 16.9. The summed E-state index contributed by atoms with van der Waals surface area (Å²) in [4.78, 5) is 8.88. The summed E-state index contributed by atoms with van der Waals surface area (Å²) in [7, 11) is 0. The second kappa shape index (κ2) is 7.27. The molecule has 0 aliphatic heterocycles. The van der Waals surface area contributed by atoms with Crippen LogP contribution in [0.15, 0.2) is 48.7 Å². The van der Waals surface area contributed by atoms with E-state index in [1.807, 2.05) is 30.3 Å². The standard InChI is InChI=1S/C19H22N4O/c1-13(2)22-18-7-5-16(12-21-18)24-19-8-4-15-11-14(9-10-20)3-6-17(15)23-19/h3-8,11-13H,9-10,20H2,1-2H3,(H,21,22). The van der Waals surface area contributed by atoms with Crippen molar-refractivity contribution in [2.45, 2.75) is 26.3 Å². The highest BCUT2D eigenvalue weighted by Gasteiger charge is 2.04. The second-order valence-electron chi connectivity index (χ2n) is 6.00. The Morgan fingerprint density at radius 3 is 2.71 bits per heavy atom. The van der Waals surface area contributed by atoms with Crippen LogP contribution in [0.2, 0.25) is 0 Å². The van der Waals surface area contributed by atoms with Gasteiger partial charge < -0.3 is 15.8 Å². The number of ether oxygens (including phenoxy) is 1. The van der Waals surface area contributed by atoms with Gasteiger partial charge in [-0.05, 0) is 62.7 Å². The molecule has 24 heavy (non-hydrogen) atoms. The average Bonchev–Trinajstić information content (AvgIpc) is 2.57. The van der Waals surface area contributed by atoms with Crippen molar-refractivity contribution in [1.82, 2.24) is 9.97 Å². The van der Waals surface area contributed by atoms with Crippen molar-refractivity contribution in [2.24, 2.45) is 5.73 Å². The van der Waals surface area contributed by atoms with Crippen LogP contribution in [0.3, 0.4) is 0 Å². The lowest BCUT2D eigenvalue weighted by atomic mass is 10.1. The van der Waals surface area contributed by atoms with Crippen molar-refractivity contribution in [2.75, 3.05) is 11.9 Å². The van der Waals surface area contributed by atoms with Crippen molar-refractivity contribution >= 4 is 16.7 Å². The second-order valence-corrected chi connectivity index (χ2v) is 6.00. The summed E-state index contributed by atoms with van der Waals surface area (Å²) in [5, 5.41) is 4.33. The molecule has 5 nitrogen and oxygen atoms in total. The number of hydrogen-bond acceptors (Lipinski definition) is 5. The first-order valence-electron chi connectivity index (χ1n) is 8.14. The molecule has 0 spiro atoms. The molecule has 0 bridgehead atoms.